The van der Waals surface area contributed by atoms with Crippen molar-refractivity contribution in [3.8, 4) is 11.5 Å². The minimum Gasteiger partial charge on any atom is -0.480 e. The fourth-order valence-electron chi connectivity index (χ4n) is 1.69. The van der Waals surface area contributed by atoms with Crippen LogP contribution in [0.5, 0.6) is 11.5 Å². The Morgan fingerprint density at radius 3 is 2.41 bits per heavy atom. The van der Waals surface area contributed by atoms with Gasteiger partial charge < -0.3 is 20.5 Å². The summed E-state index contributed by atoms with van der Waals surface area (Å²) in [5, 5.41) is 13.6. The third kappa shape index (κ3) is 4.52. The van der Waals surface area contributed by atoms with Crippen LogP contribution < -0.4 is 15.4 Å². The maximum absolute atomic E-state index is 11.7. The van der Waals surface area contributed by atoms with Crippen LogP contribution in [0.1, 0.15) is 6.92 Å². The van der Waals surface area contributed by atoms with Gasteiger partial charge in [0.15, 0.2) is 0 Å². The number of aliphatic carboxylic acids is 1. The summed E-state index contributed by atoms with van der Waals surface area (Å²) in [5.41, 5.74) is 0.503. The fourth-order valence-corrected chi connectivity index (χ4v) is 1.69. The number of nitrogens with one attached hydrogen (secondary N) is 2. The summed E-state index contributed by atoms with van der Waals surface area (Å²) >= 11 is 0. The minimum atomic E-state index is -1.10. The summed E-state index contributed by atoms with van der Waals surface area (Å²) in [7, 11) is 0. The van der Waals surface area contributed by atoms with Crippen molar-refractivity contribution < 1.29 is 19.4 Å². The number of ether oxygens (including phenoxy) is 1. The zero-order valence-electron chi connectivity index (χ0n) is 11.9. The molecular formula is C16H16N2O4. The molecular weight excluding hydrogens is 284 g/mol. The Hall–Kier alpha value is -3.02. The van der Waals surface area contributed by atoms with E-state index in [4.69, 9.17) is 9.84 Å². The SMILES string of the molecule is CC(NC(=O)Nc1cccc(Oc2ccccc2)c1)C(=O)O. The maximum atomic E-state index is 11.7. The van der Waals surface area contributed by atoms with E-state index < -0.39 is 18.0 Å². The van der Waals surface area contributed by atoms with Gasteiger partial charge in [-0.25, -0.2) is 4.79 Å². The maximum Gasteiger partial charge on any atom is 0.325 e. The summed E-state index contributed by atoms with van der Waals surface area (Å²) in [6, 6.07) is 14.5. The Morgan fingerprint density at radius 1 is 1.05 bits per heavy atom. The first kappa shape index (κ1) is 15.4. The van der Waals surface area contributed by atoms with Gasteiger partial charge in [0.05, 0.1) is 0 Å². The molecule has 0 fully saturated rings. The summed E-state index contributed by atoms with van der Waals surface area (Å²) in [4.78, 5) is 22.4. The molecule has 0 saturated carbocycles. The van der Waals surface area contributed by atoms with Crippen molar-refractivity contribution in [3.05, 3.63) is 54.6 Å². The van der Waals surface area contributed by atoms with Crippen LogP contribution in [0.2, 0.25) is 0 Å². The lowest BCUT2D eigenvalue weighted by molar-refractivity contribution is -0.138. The molecule has 3 N–H and O–H groups in total. The molecule has 0 saturated heterocycles. The van der Waals surface area contributed by atoms with Gasteiger partial charge in [-0.3, -0.25) is 4.79 Å². The predicted octanol–water partition coefficient (Wildman–Crippen LogP) is 3.07. The summed E-state index contributed by atoms with van der Waals surface area (Å²) in [6.07, 6.45) is 0. The molecule has 2 amide bonds. The zero-order valence-corrected chi connectivity index (χ0v) is 11.9. The van der Waals surface area contributed by atoms with Gasteiger partial charge in [-0.05, 0) is 31.2 Å². The second kappa shape index (κ2) is 7.12. The third-order valence-electron chi connectivity index (χ3n) is 2.79. The van der Waals surface area contributed by atoms with Gasteiger partial charge in [-0.1, -0.05) is 24.3 Å². The van der Waals surface area contributed by atoms with Crippen LogP contribution in [0, 0.1) is 0 Å². The monoisotopic (exact) mass is 300 g/mol. The third-order valence-corrected chi connectivity index (χ3v) is 2.79. The summed E-state index contributed by atoms with van der Waals surface area (Å²) < 4.78 is 5.65. The van der Waals surface area contributed by atoms with Gasteiger partial charge in [0.2, 0.25) is 0 Å². The minimum absolute atomic E-state index is 0.503. The van der Waals surface area contributed by atoms with E-state index in [-0.39, 0.29) is 0 Å². The van der Waals surface area contributed by atoms with Gasteiger partial charge in [0.1, 0.15) is 17.5 Å². The first-order valence-corrected chi connectivity index (χ1v) is 6.68. The van der Waals surface area contributed by atoms with Crippen molar-refractivity contribution in [2.75, 3.05) is 5.32 Å². The van der Waals surface area contributed by atoms with Gasteiger partial charge in [-0.2, -0.15) is 0 Å². The van der Waals surface area contributed by atoms with Crippen LogP contribution in [-0.2, 0) is 4.79 Å². The number of rotatable bonds is 5. The number of carboxylic acids is 1. The van der Waals surface area contributed by atoms with E-state index in [9.17, 15) is 9.59 Å². The number of hydrogen-bond donors (Lipinski definition) is 3. The molecule has 0 aliphatic heterocycles. The lowest BCUT2D eigenvalue weighted by Gasteiger charge is -2.12. The van der Waals surface area contributed by atoms with Crippen LogP contribution in [0.25, 0.3) is 0 Å². The van der Waals surface area contributed by atoms with Crippen molar-refractivity contribution in [3.63, 3.8) is 0 Å². The Kier molecular flexibility index (Phi) is 4.98. The van der Waals surface area contributed by atoms with E-state index in [2.05, 4.69) is 10.6 Å². The molecule has 6 nitrogen and oxygen atoms in total. The number of carbonyl (C=O) groups is 2. The molecule has 0 radical (unpaired) electrons. The van der Waals surface area contributed by atoms with Crippen LogP contribution in [0.3, 0.4) is 0 Å². The average Bonchev–Trinajstić information content (AvgIpc) is 2.48. The number of para-hydroxylation sites is 1. The number of carboxylic acid groups (broad SMARTS) is 1. The molecule has 0 aromatic heterocycles. The van der Waals surface area contributed by atoms with Crippen molar-refractivity contribution in [1.29, 1.82) is 0 Å². The number of anilines is 1. The van der Waals surface area contributed by atoms with E-state index in [1.54, 1.807) is 24.3 Å². The topological polar surface area (TPSA) is 87.7 Å². The highest BCUT2D eigenvalue weighted by Crippen LogP contribution is 2.23. The number of benzene rings is 2. The fraction of sp³-hybridized carbons (Fsp3) is 0.125. The Balaban J connectivity index is 1.99. The van der Waals surface area contributed by atoms with Crippen molar-refractivity contribution in [2.24, 2.45) is 0 Å². The van der Waals surface area contributed by atoms with Crippen LogP contribution in [0.4, 0.5) is 10.5 Å². The molecule has 0 aliphatic rings. The standard InChI is InChI=1S/C16H16N2O4/c1-11(15(19)20)17-16(21)18-12-6-5-9-14(10-12)22-13-7-3-2-4-8-13/h2-11H,1H3,(H,19,20)(H2,17,18,21). The molecule has 1 unspecified atom stereocenters. The van der Waals surface area contributed by atoms with E-state index >= 15 is 0 Å². The highest BCUT2D eigenvalue weighted by atomic mass is 16.5. The lowest BCUT2D eigenvalue weighted by atomic mass is 10.3. The van der Waals surface area contributed by atoms with E-state index in [1.807, 2.05) is 30.3 Å². The Morgan fingerprint density at radius 2 is 1.73 bits per heavy atom. The zero-order chi connectivity index (χ0) is 15.9. The Bertz CT molecular complexity index is 658. The number of urea groups is 1. The van der Waals surface area contributed by atoms with E-state index in [0.717, 1.165) is 0 Å². The molecule has 0 heterocycles. The largest absolute Gasteiger partial charge is 0.480 e. The lowest BCUT2D eigenvalue weighted by Crippen LogP contribution is -2.40. The molecule has 2 aromatic rings. The van der Waals surface area contributed by atoms with Gasteiger partial charge >= 0.3 is 12.0 Å². The number of carbonyl (C=O) groups excluding carboxylic acids is 1. The molecule has 0 spiro atoms. The van der Waals surface area contributed by atoms with E-state index in [1.165, 1.54) is 6.92 Å². The van der Waals surface area contributed by atoms with Gasteiger partial charge in [0, 0.05) is 11.8 Å². The molecule has 114 valence electrons. The van der Waals surface area contributed by atoms with Crippen molar-refractivity contribution in [2.45, 2.75) is 13.0 Å². The first-order chi connectivity index (χ1) is 10.5. The first-order valence-electron chi connectivity index (χ1n) is 6.68. The van der Waals surface area contributed by atoms with Gasteiger partial charge in [-0.15, -0.1) is 0 Å². The normalized spacial score (nSPS) is 11.3. The van der Waals surface area contributed by atoms with Gasteiger partial charge in [0.25, 0.3) is 0 Å². The smallest absolute Gasteiger partial charge is 0.325 e. The Labute approximate surface area is 127 Å². The second-order valence-corrected chi connectivity index (χ2v) is 4.60. The van der Waals surface area contributed by atoms with Crippen LogP contribution in [-0.4, -0.2) is 23.1 Å². The van der Waals surface area contributed by atoms with Crippen LogP contribution in [0.15, 0.2) is 54.6 Å². The van der Waals surface area contributed by atoms with Crippen molar-refractivity contribution >= 4 is 17.7 Å². The quantitative estimate of drug-likeness (QED) is 0.792. The highest BCUT2D eigenvalue weighted by Gasteiger charge is 2.13. The second-order valence-electron chi connectivity index (χ2n) is 4.60. The molecule has 0 bridgehead atoms. The molecule has 0 aliphatic carbocycles. The van der Waals surface area contributed by atoms with Crippen LogP contribution >= 0.6 is 0 Å². The molecule has 6 heteroatoms. The highest BCUT2D eigenvalue weighted by molar-refractivity contribution is 5.92. The predicted molar refractivity (Wildman–Crippen MR) is 82.2 cm³/mol. The van der Waals surface area contributed by atoms with Crippen molar-refractivity contribution in [1.82, 2.24) is 5.32 Å². The summed E-state index contributed by atoms with van der Waals surface area (Å²) in [5.74, 6) is 0.148. The molecule has 2 aromatic carbocycles. The molecule has 2 rings (SSSR count). The number of hydrogen-bond acceptors (Lipinski definition) is 3. The van der Waals surface area contributed by atoms with E-state index in [0.29, 0.717) is 17.2 Å². The molecule has 22 heavy (non-hydrogen) atoms. The molecule has 1 atom stereocenters. The summed E-state index contributed by atoms with van der Waals surface area (Å²) in [6.45, 7) is 1.39. The average molecular weight is 300 g/mol. The number of amides is 2.